The first kappa shape index (κ1) is 7.60. The predicted molar refractivity (Wildman–Crippen MR) is 52.9 cm³/mol. The van der Waals surface area contributed by atoms with Crippen molar-refractivity contribution < 1.29 is 0 Å². The summed E-state index contributed by atoms with van der Waals surface area (Å²) in [4.78, 5) is 0. The summed E-state index contributed by atoms with van der Waals surface area (Å²) >= 11 is 0. The highest BCUT2D eigenvalue weighted by molar-refractivity contribution is 5.48. The Balaban J connectivity index is 2.42. The average Bonchev–Trinajstić information content (AvgIpc) is 2.30. The number of hydrogen-bond donors (Lipinski definition) is 0. The minimum atomic E-state index is 1.12. The van der Waals surface area contributed by atoms with Crippen LogP contribution in [0.2, 0.25) is 0 Å². The van der Waals surface area contributed by atoms with Gasteiger partial charge in [-0.15, -0.1) is 0 Å². The number of hydrogen-bond acceptors (Lipinski definition) is 0. The van der Waals surface area contributed by atoms with Crippen LogP contribution in [0.5, 0.6) is 0 Å². The third-order valence-electron chi connectivity index (χ3n) is 2.59. The van der Waals surface area contributed by atoms with Crippen LogP contribution < -0.4 is 0 Å². The van der Waals surface area contributed by atoms with Crippen molar-refractivity contribution in [3.05, 3.63) is 47.1 Å². The molecule has 2 aliphatic rings. The molecule has 0 nitrogen and oxygen atoms in total. The first-order chi connectivity index (χ1) is 5.88. The van der Waals surface area contributed by atoms with E-state index in [0.29, 0.717) is 0 Å². The number of fused-ring (bicyclic) bond motifs is 1. The lowest BCUT2D eigenvalue weighted by Crippen LogP contribution is -1.96. The van der Waals surface area contributed by atoms with Crippen LogP contribution in [-0.4, -0.2) is 0 Å². The highest BCUT2D eigenvalue weighted by Crippen LogP contribution is 2.29. The quantitative estimate of drug-likeness (QED) is 0.506. The smallest absolute Gasteiger partial charge is 0.00891 e. The molecule has 0 fully saturated rings. The molecule has 0 aliphatic heterocycles. The molecule has 0 bridgehead atoms. The van der Waals surface area contributed by atoms with Crippen molar-refractivity contribution in [1.82, 2.24) is 0 Å². The maximum Gasteiger partial charge on any atom is -0.00891 e. The van der Waals surface area contributed by atoms with Gasteiger partial charge >= 0.3 is 0 Å². The monoisotopic (exact) mass is 158 g/mol. The summed E-state index contributed by atoms with van der Waals surface area (Å²) < 4.78 is 0. The Hall–Kier alpha value is -1.04. The lowest BCUT2D eigenvalue weighted by molar-refractivity contribution is 0.913. The number of allylic oxidation sites excluding steroid dienone is 8. The predicted octanol–water partition coefficient (Wildman–Crippen LogP) is 3.54. The molecule has 0 atom stereocenters. The number of rotatable bonds is 0. The molecule has 0 saturated heterocycles. The van der Waals surface area contributed by atoms with E-state index in [1.165, 1.54) is 18.4 Å². The van der Waals surface area contributed by atoms with E-state index in [9.17, 15) is 0 Å². The summed E-state index contributed by atoms with van der Waals surface area (Å²) in [5.74, 6) is 0. The van der Waals surface area contributed by atoms with E-state index in [1.54, 1.807) is 11.1 Å². The molecule has 0 N–H and O–H groups in total. The van der Waals surface area contributed by atoms with Crippen LogP contribution in [0.25, 0.3) is 0 Å². The maximum atomic E-state index is 2.35. The minimum absolute atomic E-state index is 1.12. The molecular weight excluding hydrogens is 144 g/mol. The lowest BCUT2D eigenvalue weighted by atomic mass is 9.90. The third-order valence-corrected chi connectivity index (χ3v) is 2.59. The Kier molecular flexibility index (Phi) is 1.99. The summed E-state index contributed by atoms with van der Waals surface area (Å²) in [6, 6.07) is 0. The molecule has 0 unspecified atom stereocenters. The van der Waals surface area contributed by atoms with Gasteiger partial charge in [-0.3, -0.25) is 0 Å². The van der Waals surface area contributed by atoms with Crippen LogP contribution in [0.3, 0.4) is 0 Å². The standard InChI is InChI=1S/C12H14/c1-10-6-5-8-11-7-3-2-4-9-12(10)11/h2-4,7-8H,5-6,9H2,1H3. The molecule has 0 amide bonds. The summed E-state index contributed by atoms with van der Waals surface area (Å²) in [6.45, 7) is 2.26. The summed E-state index contributed by atoms with van der Waals surface area (Å²) in [6.07, 6.45) is 14.7. The van der Waals surface area contributed by atoms with Crippen molar-refractivity contribution in [1.29, 1.82) is 0 Å². The SMILES string of the molecule is CC1=C2CC=CC=CC2=CCC1. The van der Waals surface area contributed by atoms with Gasteiger partial charge in [-0.2, -0.15) is 0 Å². The molecule has 62 valence electrons. The molecule has 12 heavy (non-hydrogen) atoms. The minimum Gasteiger partial charge on any atom is -0.0801 e. The summed E-state index contributed by atoms with van der Waals surface area (Å²) in [5, 5.41) is 0. The van der Waals surface area contributed by atoms with Crippen LogP contribution in [0, 0.1) is 0 Å². The molecule has 0 heterocycles. The van der Waals surface area contributed by atoms with Gasteiger partial charge < -0.3 is 0 Å². The Morgan fingerprint density at radius 3 is 3.08 bits per heavy atom. The Morgan fingerprint density at radius 2 is 2.17 bits per heavy atom. The van der Waals surface area contributed by atoms with Crippen molar-refractivity contribution in [3.63, 3.8) is 0 Å². The molecule has 0 radical (unpaired) electrons. The normalized spacial score (nSPS) is 21.9. The maximum absolute atomic E-state index is 2.35. The highest BCUT2D eigenvalue weighted by Gasteiger charge is 2.10. The molecule has 2 rings (SSSR count). The van der Waals surface area contributed by atoms with Crippen molar-refractivity contribution in [2.24, 2.45) is 0 Å². The van der Waals surface area contributed by atoms with E-state index in [-0.39, 0.29) is 0 Å². The summed E-state index contributed by atoms with van der Waals surface area (Å²) in [7, 11) is 0. The fourth-order valence-corrected chi connectivity index (χ4v) is 1.85. The second-order valence-electron chi connectivity index (χ2n) is 3.45. The van der Waals surface area contributed by atoms with Crippen molar-refractivity contribution in [2.45, 2.75) is 26.2 Å². The van der Waals surface area contributed by atoms with Gasteiger partial charge in [-0.1, -0.05) is 36.0 Å². The Labute approximate surface area is 74.0 Å². The van der Waals surface area contributed by atoms with Gasteiger partial charge in [-0.25, -0.2) is 0 Å². The topological polar surface area (TPSA) is 0 Å². The molecule has 0 spiro atoms. The van der Waals surface area contributed by atoms with Crippen molar-refractivity contribution >= 4 is 0 Å². The summed E-state index contributed by atoms with van der Waals surface area (Å²) in [5.41, 5.74) is 4.57. The molecule has 0 aromatic heterocycles. The second kappa shape index (κ2) is 3.14. The molecule has 0 aromatic carbocycles. The first-order valence-corrected chi connectivity index (χ1v) is 4.60. The van der Waals surface area contributed by atoms with Crippen molar-refractivity contribution in [2.75, 3.05) is 0 Å². The second-order valence-corrected chi connectivity index (χ2v) is 3.45. The van der Waals surface area contributed by atoms with Gasteiger partial charge in [0.1, 0.15) is 0 Å². The van der Waals surface area contributed by atoms with Crippen LogP contribution in [0.1, 0.15) is 26.2 Å². The van der Waals surface area contributed by atoms with E-state index in [2.05, 4.69) is 37.3 Å². The fourth-order valence-electron chi connectivity index (χ4n) is 1.85. The van der Waals surface area contributed by atoms with Gasteiger partial charge in [-0.05, 0) is 37.3 Å². The fraction of sp³-hybridized carbons (Fsp3) is 0.333. The Bertz CT molecular complexity index is 298. The molecule has 0 aromatic rings. The molecule has 0 saturated carbocycles. The zero-order valence-electron chi connectivity index (χ0n) is 7.51. The van der Waals surface area contributed by atoms with Gasteiger partial charge in [0.25, 0.3) is 0 Å². The zero-order chi connectivity index (χ0) is 8.39. The van der Waals surface area contributed by atoms with Gasteiger partial charge in [0.2, 0.25) is 0 Å². The van der Waals surface area contributed by atoms with Crippen LogP contribution in [-0.2, 0) is 0 Å². The van der Waals surface area contributed by atoms with Crippen molar-refractivity contribution in [3.8, 4) is 0 Å². The van der Waals surface area contributed by atoms with E-state index < -0.39 is 0 Å². The van der Waals surface area contributed by atoms with Gasteiger partial charge in [0, 0.05) is 0 Å². The van der Waals surface area contributed by atoms with Crippen LogP contribution in [0.15, 0.2) is 47.1 Å². The molecule has 0 heteroatoms. The van der Waals surface area contributed by atoms with Gasteiger partial charge in [0.15, 0.2) is 0 Å². The average molecular weight is 158 g/mol. The van der Waals surface area contributed by atoms with Crippen LogP contribution >= 0.6 is 0 Å². The van der Waals surface area contributed by atoms with Crippen LogP contribution in [0.4, 0.5) is 0 Å². The Morgan fingerprint density at radius 1 is 1.25 bits per heavy atom. The van der Waals surface area contributed by atoms with E-state index in [4.69, 9.17) is 0 Å². The zero-order valence-corrected chi connectivity index (χ0v) is 7.51. The van der Waals surface area contributed by atoms with E-state index >= 15 is 0 Å². The van der Waals surface area contributed by atoms with E-state index in [0.717, 1.165) is 6.42 Å². The first-order valence-electron chi connectivity index (χ1n) is 4.60. The van der Waals surface area contributed by atoms with Gasteiger partial charge in [0.05, 0.1) is 0 Å². The van der Waals surface area contributed by atoms with E-state index in [1.807, 2.05) is 0 Å². The highest BCUT2D eigenvalue weighted by atomic mass is 14.2. The lowest BCUT2D eigenvalue weighted by Gasteiger charge is -2.15. The molecule has 2 aliphatic carbocycles. The largest absolute Gasteiger partial charge is 0.0801 e. The third kappa shape index (κ3) is 1.29. The molecular formula is C12H14.